The molecular formula is C26H27N3O3. The molecule has 32 heavy (non-hydrogen) atoms. The Labute approximate surface area is 188 Å². The van der Waals surface area contributed by atoms with Crippen LogP contribution in [0.5, 0.6) is 5.75 Å². The third kappa shape index (κ3) is 5.09. The van der Waals surface area contributed by atoms with Crippen molar-refractivity contribution in [3.63, 3.8) is 0 Å². The molecule has 1 atom stereocenters. The van der Waals surface area contributed by atoms with Gasteiger partial charge < -0.3 is 20.3 Å². The van der Waals surface area contributed by atoms with Crippen molar-refractivity contribution in [2.45, 2.75) is 25.8 Å². The van der Waals surface area contributed by atoms with E-state index < -0.39 is 0 Å². The highest BCUT2D eigenvalue weighted by Crippen LogP contribution is 2.38. The maximum atomic E-state index is 13.4. The lowest BCUT2D eigenvalue weighted by molar-refractivity contribution is 0.0975. The van der Waals surface area contributed by atoms with Gasteiger partial charge in [0.2, 0.25) is 0 Å². The van der Waals surface area contributed by atoms with E-state index in [2.05, 4.69) is 17.6 Å². The number of carbonyl (C=O) groups is 2. The minimum absolute atomic E-state index is 0.0603. The summed E-state index contributed by atoms with van der Waals surface area (Å²) in [5.41, 5.74) is 2.74. The molecule has 3 aromatic carbocycles. The van der Waals surface area contributed by atoms with E-state index in [4.69, 9.17) is 4.74 Å². The molecule has 0 aliphatic heterocycles. The highest BCUT2D eigenvalue weighted by molar-refractivity contribution is 6.07. The maximum Gasteiger partial charge on any atom is 0.323 e. The average molecular weight is 430 g/mol. The fourth-order valence-electron chi connectivity index (χ4n) is 3.72. The predicted octanol–water partition coefficient (Wildman–Crippen LogP) is 5.78. The lowest BCUT2D eigenvalue weighted by Gasteiger charge is -2.30. The van der Waals surface area contributed by atoms with Crippen LogP contribution in [-0.2, 0) is 0 Å². The number of benzene rings is 3. The van der Waals surface area contributed by atoms with Gasteiger partial charge in [0.05, 0.1) is 7.11 Å². The average Bonchev–Trinajstić information content (AvgIpc) is 3.66. The number of hydrogen-bond acceptors (Lipinski definition) is 3. The van der Waals surface area contributed by atoms with Crippen molar-refractivity contribution in [3.05, 3.63) is 84.4 Å². The minimum atomic E-state index is -0.336. The third-order valence-electron chi connectivity index (χ3n) is 5.70. The van der Waals surface area contributed by atoms with Crippen molar-refractivity contribution in [2.24, 2.45) is 5.92 Å². The molecule has 2 N–H and O–H groups in total. The van der Waals surface area contributed by atoms with E-state index in [1.165, 1.54) is 0 Å². The van der Waals surface area contributed by atoms with Gasteiger partial charge >= 0.3 is 6.03 Å². The van der Waals surface area contributed by atoms with Crippen molar-refractivity contribution in [3.8, 4) is 5.75 Å². The summed E-state index contributed by atoms with van der Waals surface area (Å²) in [5.74, 6) is 1.21. The molecule has 0 heterocycles. The van der Waals surface area contributed by atoms with Crippen LogP contribution in [0.1, 0.15) is 30.1 Å². The van der Waals surface area contributed by atoms with Gasteiger partial charge in [0.1, 0.15) is 5.75 Å². The standard InChI is InChI=1S/C26H27N3O3/c1-18(19-8-9-19)29(23-14-16-24(32-2)17-15-23)25(30)20-10-12-22(13-11-20)28-26(31)27-21-6-4-3-5-7-21/h3-7,10-19H,8-9H2,1-2H3,(H2,27,28,31). The number of nitrogens with zero attached hydrogens (tertiary/aromatic N) is 1. The smallest absolute Gasteiger partial charge is 0.323 e. The van der Waals surface area contributed by atoms with Gasteiger partial charge in [0.25, 0.3) is 5.91 Å². The molecule has 6 nitrogen and oxygen atoms in total. The zero-order valence-corrected chi connectivity index (χ0v) is 18.2. The second kappa shape index (κ2) is 9.56. The Hall–Kier alpha value is -3.80. The van der Waals surface area contributed by atoms with Gasteiger partial charge in [0.15, 0.2) is 0 Å². The van der Waals surface area contributed by atoms with Gasteiger partial charge in [0, 0.05) is 28.7 Å². The van der Waals surface area contributed by atoms with Gasteiger partial charge in [-0.05, 0) is 86.3 Å². The molecule has 1 saturated carbocycles. The topological polar surface area (TPSA) is 70.7 Å². The quantitative estimate of drug-likeness (QED) is 0.500. The lowest BCUT2D eigenvalue weighted by Crippen LogP contribution is -2.40. The highest BCUT2D eigenvalue weighted by Gasteiger charge is 2.35. The highest BCUT2D eigenvalue weighted by atomic mass is 16.5. The summed E-state index contributed by atoms with van der Waals surface area (Å²) in [6.07, 6.45) is 2.28. The van der Waals surface area contributed by atoms with Gasteiger partial charge in [-0.1, -0.05) is 18.2 Å². The van der Waals surface area contributed by atoms with Crippen molar-refractivity contribution < 1.29 is 14.3 Å². The van der Waals surface area contributed by atoms with Crippen LogP contribution < -0.4 is 20.3 Å². The Morgan fingerprint density at radius 2 is 1.47 bits per heavy atom. The second-order valence-electron chi connectivity index (χ2n) is 7.97. The SMILES string of the molecule is COc1ccc(N(C(=O)c2ccc(NC(=O)Nc3ccccc3)cc2)C(C)C2CC2)cc1. The number of amides is 3. The molecule has 0 bridgehead atoms. The number of para-hydroxylation sites is 1. The number of nitrogens with one attached hydrogen (secondary N) is 2. The zero-order valence-electron chi connectivity index (χ0n) is 18.2. The Bertz CT molecular complexity index is 1060. The van der Waals surface area contributed by atoms with Crippen LogP contribution in [0.4, 0.5) is 21.9 Å². The van der Waals surface area contributed by atoms with E-state index in [0.29, 0.717) is 22.9 Å². The summed E-state index contributed by atoms with van der Waals surface area (Å²) in [6.45, 7) is 2.10. The molecule has 164 valence electrons. The lowest BCUT2D eigenvalue weighted by atomic mass is 10.1. The number of carbonyl (C=O) groups excluding carboxylic acids is 2. The molecule has 0 aromatic heterocycles. The van der Waals surface area contributed by atoms with Gasteiger partial charge in [-0.3, -0.25) is 4.79 Å². The van der Waals surface area contributed by atoms with Gasteiger partial charge in [-0.25, -0.2) is 4.79 Å². The summed E-state index contributed by atoms with van der Waals surface area (Å²) >= 11 is 0. The molecule has 4 rings (SSSR count). The molecule has 0 saturated heterocycles. The van der Waals surface area contributed by atoms with Gasteiger partial charge in [-0.15, -0.1) is 0 Å². The number of methoxy groups -OCH3 is 1. The van der Waals surface area contributed by atoms with Gasteiger partial charge in [-0.2, -0.15) is 0 Å². The first-order chi connectivity index (χ1) is 15.5. The van der Waals surface area contributed by atoms with E-state index in [9.17, 15) is 9.59 Å². The first kappa shape index (κ1) is 21.4. The van der Waals surface area contributed by atoms with Crippen LogP contribution in [0.3, 0.4) is 0 Å². The molecule has 1 aliphatic rings. The number of anilines is 3. The Balaban J connectivity index is 1.48. The summed E-state index contributed by atoms with van der Waals surface area (Å²) in [5, 5.41) is 5.57. The second-order valence-corrected chi connectivity index (χ2v) is 7.97. The van der Waals surface area contributed by atoms with E-state index in [1.807, 2.05) is 59.5 Å². The Morgan fingerprint density at radius 3 is 2.03 bits per heavy atom. The molecule has 6 heteroatoms. The molecule has 3 aromatic rings. The maximum absolute atomic E-state index is 13.4. The number of rotatable bonds is 7. The number of urea groups is 1. The predicted molar refractivity (Wildman–Crippen MR) is 128 cm³/mol. The van der Waals surface area contributed by atoms with Crippen molar-refractivity contribution >= 4 is 29.0 Å². The summed E-state index contributed by atoms with van der Waals surface area (Å²) < 4.78 is 5.25. The molecule has 3 amide bonds. The first-order valence-electron chi connectivity index (χ1n) is 10.8. The van der Waals surface area contributed by atoms with E-state index in [0.717, 1.165) is 24.3 Å². The number of hydrogen-bond donors (Lipinski definition) is 2. The van der Waals surface area contributed by atoms with Crippen LogP contribution in [0.15, 0.2) is 78.9 Å². The van der Waals surface area contributed by atoms with Crippen molar-refractivity contribution in [1.82, 2.24) is 0 Å². The molecule has 0 radical (unpaired) electrons. The van der Waals surface area contributed by atoms with E-state index in [1.54, 1.807) is 31.4 Å². The Morgan fingerprint density at radius 1 is 0.875 bits per heavy atom. The fourth-order valence-corrected chi connectivity index (χ4v) is 3.72. The first-order valence-corrected chi connectivity index (χ1v) is 10.8. The summed E-state index contributed by atoms with van der Waals surface area (Å²) in [7, 11) is 1.63. The van der Waals surface area contributed by atoms with Crippen molar-refractivity contribution in [1.29, 1.82) is 0 Å². The third-order valence-corrected chi connectivity index (χ3v) is 5.70. The zero-order chi connectivity index (χ0) is 22.5. The van der Waals surface area contributed by atoms with Crippen LogP contribution in [0.2, 0.25) is 0 Å². The molecule has 1 unspecified atom stereocenters. The van der Waals surface area contributed by atoms with Crippen LogP contribution in [-0.4, -0.2) is 25.1 Å². The van der Waals surface area contributed by atoms with Crippen LogP contribution >= 0.6 is 0 Å². The Kier molecular flexibility index (Phi) is 6.40. The molecule has 0 spiro atoms. The molecule has 1 fully saturated rings. The van der Waals surface area contributed by atoms with Crippen molar-refractivity contribution in [2.75, 3.05) is 22.6 Å². The van der Waals surface area contributed by atoms with E-state index in [-0.39, 0.29) is 18.0 Å². The molecular weight excluding hydrogens is 402 g/mol. The minimum Gasteiger partial charge on any atom is -0.497 e. The molecule has 1 aliphatic carbocycles. The monoisotopic (exact) mass is 429 g/mol. The summed E-state index contributed by atoms with van der Waals surface area (Å²) in [4.78, 5) is 27.5. The van der Waals surface area contributed by atoms with Crippen LogP contribution in [0.25, 0.3) is 0 Å². The summed E-state index contributed by atoms with van der Waals surface area (Å²) in [6, 6.07) is 23.5. The fraction of sp³-hybridized carbons (Fsp3) is 0.231. The normalized spacial score (nSPS) is 13.7. The largest absolute Gasteiger partial charge is 0.497 e. The van der Waals surface area contributed by atoms with Crippen LogP contribution in [0, 0.1) is 5.92 Å². The van der Waals surface area contributed by atoms with E-state index >= 15 is 0 Å². The number of ether oxygens (including phenoxy) is 1.